The van der Waals surface area contributed by atoms with Crippen LogP contribution in [0.3, 0.4) is 0 Å². The predicted molar refractivity (Wildman–Crippen MR) is 37.7 cm³/mol. The van der Waals surface area contributed by atoms with E-state index in [1.54, 1.807) is 0 Å². The fraction of sp³-hybridized carbons (Fsp3) is 1.00. The Morgan fingerprint density at radius 3 is 2.22 bits per heavy atom. The molecule has 0 aliphatic rings. The van der Waals surface area contributed by atoms with Gasteiger partial charge in [-0.25, -0.2) is 0 Å². The van der Waals surface area contributed by atoms with Gasteiger partial charge in [0, 0.05) is 6.61 Å². The number of unbranched alkanes of at least 4 members (excludes halogenated alkanes) is 2. The van der Waals surface area contributed by atoms with Gasteiger partial charge in [0.2, 0.25) is 0 Å². The zero-order chi connectivity index (χ0) is 7.11. The van der Waals surface area contributed by atoms with Crippen molar-refractivity contribution >= 4 is 0 Å². The van der Waals surface area contributed by atoms with Crippen LogP contribution in [0.25, 0.3) is 0 Å². The second kappa shape index (κ2) is 6.01. The van der Waals surface area contributed by atoms with Crippen molar-refractivity contribution in [2.24, 2.45) is 11.5 Å². The molecule has 0 amide bonds. The topological polar surface area (TPSA) is 72.3 Å². The van der Waals surface area contributed by atoms with Gasteiger partial charge in [-0.05, 0) is 12.8 Å². The normalized spacial score (nSPS) is 10.7. The number of aliphatic hydroxyl groups is 1. The highest BCUT2D eigenvalue weighted by atomic mass is 16.2. The average molecular weight is 132 g/mol. The fourth-order valence-corrected chi connectivity index (χ4v) is 0.669. The third-order valence-electron chi connectivity index (χ3n) is 1.20. The lowest BCUT2D eigenvalue weighted by Gasteiger charge is -2.02. The summed E-state index contributed by atoms with van der Waals surface area (Å²) in [5.41, 5.74) is 10.6. The molecule has 0 bridgehead atoms. The van der Waals surface area contributed by atoms with E-state index in [0.29, 0.717) is 0 Å². The third-order valence-corrected chi connectivity index (χ3v) is 1.20. The first-order chi connectivity index (χ1) is 4.27. The second-order valence-electron chi connectivity index (χ2n) is 2.24. The summed E-state index contributed by atoms with van der Waals surface area (Å²) in [7, 11) is 0. The summed E-state index contributed by atoms with van der Waals surface area (Å²) in [4.78, 5) is 0. The molecule has 0 aromatic carbocycles. The minimum Gasteiger partial charge on any atom is -0.396 e. The van der Waals surface area contributed by atoms with E-state index in [0.717, 1.165) is 25.7 Å². The first-order valence-corrected chi connectivity index (χ1v) is 3.39. The zero-order valence-corrected chi connectivity index (χ0v) is 5.71. The summed E-state index contributed by atoms with van der Waals surface area (Å²) < 4.78 is 0. The standard InChI is InChI=1S/C6H16N2O/c7-6(8)4-2-1-3-5-9/h6,9H,1-5,7-8H2. The molecule has 0 heterocycles. The molecular formula is C6H16N2O. The van der Waals surface area contributed by atoms with Gasteiger partial charge in [-0.15, -0.1) is 0 Å². The Morgan fingerprint density at radius 1 is 1.11 bits per heavy atom. The number of rotatable bonds is 5. The molecule has 0 radical (unpaired) electrons. The van der Waals surface area contributed by atoms with Crippen LogP contribution in [-0.2, 0) is 0 Å². The number of aliphatic hydroxyl groups excluding tert-OH is 1. The quantitative estimate of drug-likeness (QED) is 0.358. The van der Waals surface area contributed by atoms with Crippen molar-refractivity contribution in [1.29, 1.82) is 0 Å². The fourth-order valence-electron chi connectivity index (χ4n) is 0.669. The van der Waals surface area contributed by atoms with Gasteiger partial charge in [0.15, 0.2) is 0 Å². The Bertz CT molecular complexity index is 57.0. The highest BCUT2D eigenvalue weighted by Gasteiger charge is 1.92. The second-order valence-corrected chi connectivity index (χ2v) is 2.24. The van der Waals surface area contributed by atoms with Gasteiger partial charge >= 0.3 is 0 Å². The molecule has 56 valence electrons. The van der Waals surface area contributed by atoms with E-state index in [1.165, 1.54) is 0 Å². The van der Waals surface area contributed by atoms with Crippen LogP contribution in [0.2, 0.25) is 0 Å². The molecule has 3 nitrogen and oxygen atoms in total. The average Bonchev–Trinajstić information content (AvgIpc) is 1.80. The lowest BCUT2D eigenvalue weighted by Crippen LogP contribution is -2.29. The van der Waals surface area contributed by atoms with Gasteiger partial charge in [0.25, 0.3) is 0 Å². The Morgan fingerprint density at radius 2 is 1.78 bits per heavy atom. The highest BCUT2D eigenvalue weighted by molar-refractivity contribution is 4.50. The Labute approximate surface area is 56.0 Å². The van der Waals surface area contributed by atoms with Gasteiger partial charge in [0.05, 0.1) is 6.17 Å². The summed E-state index contributed by atoms with van der Waals surface area (Å²) >= 11 is 0. The number of hydrogen-bond acceptors (Lipinski definition) is 3. The zero-order valence-electron chi connectivity index (χ0n) is 5.71. The molecule has 5 N–H and O–H groups in total. The SMILES string of the molecule is NC(N)CCCCCO. The molecule has 0 aromatic heterocycles. The smallest absolute Gasteiger partial charge is 0.0520 e. The van der Waals surface area contributed by atoms with Gasteiger partial charge < -0.3 is 16.6 Å². The Balaban J connectivity index is 2.75. The molecule has 0 spiro atoms. The van der Waals surface area contributed by atoms with Crippen molar-refractivity contribution in [2.45, 2.75) is 31.8 Å². The van der Waals surface area contributed by atoms with Crippen LogP contribution in [-0.4, -0.2) is 17.9 Å². The molecule has 0 aliphatic heterocycles. The lowest BCUT2D eigenvalue weighted by molar-refractivity contribution is 0.282. The molecule has 0 atom stereocenters. The minimum absolute atomic E-state index is 0.177. The van der Waals surface area contributed by atoms with Crippen molar-refractivity contribution in [3.05, 3.63) is 0 Å². The molecule has 0 fully saturated rings. The molecule has 0 saturated heterocycles. The van der Waals surface area contributed by atoms with E-state index in [1.807, 2.05) is 0 Å². The van der Waals surface area contributed by atoms with Crippen molar-refractivity contribution in [3.8, 4) is 0 Å². The Kier molecular flexibility index (Phi) is 5.93. The van der Waals surface area contributed by atoms with Crippen molar-refractivity contribution < 1.29 is 5.11 Å². The maximum Gasteiger partial charge on any atom is 0.0520 e. The minimum atomic E-state index is -0.177. The predicted octanol–water partition coefficient (Wildman–Crippen LogP) is -0.217. The summed E-state index contributed by atoms with van der Waals surface area (Å²) in [6.07, 6.45) is 3.61. The van der Waals surface area contributed by atoms with Crippen LogP contribution < -0.4 is 11.5 Å². The maximum absolute atomic E-state index is 8.37. The largest absolute Gasteiger partial charge is 0.396 e. The molecule has 0 rings (SSSR count). The molecule has 9 heavy (non-hydrogen) atoms. The molecular weight excluding hydrogens is 116 g/mol. The first-order valence-electron chi connectivity index (χ1n) is 3.39. The van der Waals surface area contributed by atoms with Gasteiger partial charge in [-0.2, -0.15) is 0 Å². The van der Waals surface area contributed by atoms with E-state index in [9.17, 15) is 0 Å². The van der Waals surface area contributed by atoms with E-state index in [2.05, 4.69) is 0 Å². The molecule has 0 unspecified atom stereocenters. The Hall–Kier alpha value is -0.120. The molecule has 0 aliphatic carbocycles. The van der Waals surface area contributed by atoms with Crippen LogP contribution in [0.5, 0.6) is 0 Å². The highest BCUT2D eigenvalue weighted by Crippen LogP contribution is 1.98. The van der Waals surface area contributed by atoms with E-state index in [4.69, 9.17) is 16.6 Å². The lowest BCUT2D eigenvalue weighted by atomic mass is 10.2. The van der Waals surface area contributed by atoms with Crippen molar-refractivity contribution in [3.63, 3.8) is 0 Å². The first kappa shape index (κ1) is 8.88. The summed E-state index contributed by atoms with van der Waals surface area (Å²) in [6, 6.07) is 0. The monoisotopic (exact) mass is 132 g/mol. The van der Waals surface area contributed by atoms with Gasteiger partial charge in [-0.1, -0.05) is 12.8 Å². The summed E-state index contributed by atoms with van der Waals surface area (Å²) in [5, 5.41) is 8.37. The van der Waals surface area contributed by atoms with E-state index >= 15 is 0 Å². The van der Waals surface area contributed by atoms with Crippen molar-refractivity contribution in [2.75, 3.05) is 6.61 Å². The summed E-state index contributed by atoms with van der Waals surface area (Å²) in [5.74, 6) is 0. The maximum atomic E-state index is 8.37. The van der Waals surface area contributed by atoms with Crippen LogP contribution in [0.4, 0.5) is 0 Å². The van der Waals surface area contributed by atoms with Crippen LogP contribution in [0.1, 0.15) is 25.7 Å². The van der Waals surface area contributed by atoms with Gasteiger partial charge in [-0.3, -0.25) is 0 Å². The number of hydrogen-bond donors (Lipinski definition) is 3. The third kappa shape index (κ3) is 7.88. The summed E-state index contributed by atoms with van der Waals surface area (Å²) in [6.45, 7) is 0.278. The van der Waals surface area contributed by atoms with Crippen molar-refractivity contribution in [1.82, 2.24) is 0 Å². The molecule has 3 heteroatoms. The van der Waals surface area contributed by atoms with Crippen LogP contribution in [0.15, 0.2) is 0 Å². The van der Waals surface area contributed by atoms with E-state index < -0.39 is 0 Å². The number of nitrogens with two attached hydrogens (primary N) is 2. The van der Waals surface area contributed by atoms with E-state index in [-0.39, 0.29) is 12.8 Å². The van der Waals surface area contributed by atoms with Gasteiger partial charge in [0.1, 0.15) is 0 Å². The van der Waals surface area contributed by atoms with Crippen LogP contribution >= 0.6 is 0 Å². The van der Waals surface area contributed by atoms with Crippen LogP contribution in [0, 0.1) is 0 Å². The molecule has 0 aromatic rings. The molecule has 0 saturated carbocycles.